The smallest absolute Gasteiger partial charge is 0.187 e. The molecule has 25 atom stereocenters. The fourth-order valence-electron chi connectivity index (χ4n) is 13.7. The molecule has 0 bridgehead atoms. The van der Waals surface area contributed by atoms with Crippen LogP contribution in [0.4, 0.5) is 0 Å². The van der Waals surface area contributed by atoms with E-state index in [0.29, 0.717) is 41.9 Å². The SMILES string of the molecule is C[C@@H]1CC[C@@]2(OC1)O[C@H]1C[C@H]3[C@@H]4CC=C5C[C@@H](O[C@@H]6O[C@H](CO)[C@@H](O)[C@H](O[C@@H]7OC[C@@H](O)[C@H](O)[C@H]7O[C@@H]7O[C@@H](C)[C@H](O)[C@@H](O)[C@H]7O)[C@H]6O)CC[C@]5(C)[C@H]4CC[C@]3(C)[C@H]1[C@@H]2C. The molecule has 0 unspecified atom stereocenters. The van der Waals surface area contributed by atoms with E-state index >= 15 is 0 Å². The second-order valence-corrected chi connectivity index (χ2v) is 20.6. The summed E-state index contributed by atoms with van der Waals surface area (Å²) in [5, 5.41) is 85.7. The van der Waals surface area contributed by atoms with Crippen LogP contribution in [0, 0.1) is 46.3 Å². The summed E-state index contributed by atoms with van der Waals surface area (Å²) in [5.41, 5.74) is 1.60. The van der Waals surface area contributed by atoms with Gasteiger partial charge in [0.25, 0.3) is 0 Å². The third-order valence-corrected chi connectivity index (χ3v) is 17.3. The van der Waals surface area contributed by atoms with Crippen LogP contribution in [0.25, 0.3) is 0 Å². The first-order valence-corrected chi connectivity index (χ1v) is 22.8. The molecule has 0 radical (unpaired) electrons. The summed E-state index contributed by atoms with van der Waals surface area (Å²) in [7, 11) is 0. The monoisotopic (exact) mass is 854 g/mol. The maximum absolute atomic E-state index is 11.7. The molecule has 0 amide bonds. The summed E-state index contributed by atoms with van der Waals surface area (Å²) >= 11 is 0. The normalized spacial score (nSPS) is 57.9. The Balaban J connectivity index is 0.864. The van der Waals surface area contributed by atoms with Crippen molar-refractivity contribution in [1.29, 1.82) is 0 Å². The zero-order chi connectivity index (χ0) is 42.6. The third kappa shape index (κ3) is 7.19. The van der Waals surface area contributed by atoms with Crippen molar-refractivity contribution in [2.75, 3.05) is 19.8 Å². The predicted molar refractivity (Wildman–Crippen MR) is 208 cm³/mol. The van der Waals surface area contributed by atoms with Gasteiger partial charge < -0.3 is 78.7 Å². The van der Waals surface area contributed by atoms with Crippen LogP contribution in [0.1, 0.15) is 92.4 Å². The molecule has 16 heteroatoms. The first-order chi connectivity index (χ1) is 28.5. The lowest BCUT2D eigenvalue weighted by atomic mass is 9.47. The number of ether oxygens (including phenoxy) is 8. The maximum atomic E-state index is 11.7. The van der Waals surface area contributed by atoms with E-state index in [9.17, 15) is 40.9 Å². The number of allylic oxidation sites excluding steroid dienone is 1. The van der Waals surface area contributed by atoms with Crippen LogP contribution in [0.3, 0.4) is 0 Å². The molecule has 1 spiro atoms. The lowest BCUT2D eigenvalue weighted by molar-refractivity contribution is -0.379. The Hall–Kier alpha value is -0.900. The van der Waals surface area contributed by atoms with Gasteiger partial charge in [0, 0.05) is 12.3 Å². The van der Waals surface area contributed by atoms with Crippen molar-refractivity contribution < 1.29 is 78.7 Å². The minimum Gasteiger partial charge on any atom is -0.394 e. The number of hydrogen-bond acceptors (Lipinski definition) is 16. The second kappa shape index (κ2) is 16.5. The fourth-order valence-corrected chi connectivity index (χ4v) is 13.7. The predicted octanol–water partition coefficient (Wildman–Crippen LogP) is 0.853. The van der Waals surface area contributed by atoms with Crippen molar-refractivity contribution >= 4 is 0 Å². The molecule has 0 aromatic rings. The molecule has 8 fully saturated rings. The van der Waals surface area contributed by atoms with Crippen LogP contribution in [-0.4, -0.2) is 165 Å². The highest BCUT2D eigenvalue weighted by molar-refractivity contribution is 5.26. The largest absolute Gasteiger partial charge is 0.394 e. The summed E-state index contributed by atoms with van der Waals surface area (Å²) in [6.07, 6.45) is -9.26. The quantitative estimate of drug-likeness (QED) is 0.166. The number of fused-ring (bicyclic) bond motifs is 7. The molecule has 5 heterocycles. The zero-order valence-corrected chi connectivity index (χ0v) is 35.6. The molecule has 9 aliphatic rings. The van der Waals surface area contributed by atoms with Gasteiger partial charge in [-0.05, 0) is 98.7 Å². The minimum atomic E-state index is -1.73. The Morgan fingerprint density at radius 1 is 0.733 bits per heavy atom. The average Bonchev–Trinajstić information content (AvgIpc) is 3.67. The lowest BCUT2D eigenvalue weighted by Crippen LogP contribution is -2.65. The molecular formula is C44H70O16. The van der Waals surface area contributed by atoms with Gasteiger partial charge in [-0.3, -0.25) is 0 Å². The highest BCUT2D eigenvalue weighted by atomic mass is 16.8. The highest BCUT2D eigenvalue weighted by Gasteiger charge is 2.69. The van der Waals surface area contributed by atoms with Crippen LogP contribution in [0.15, 0.2) is 11.6 Å². The molecule has 16 nitrogen and oxygen atoms in total. The molecule has 342 valence electrons. The molecule has 3 saturated carbocycles. The number of aliphatic hydroxyl groups is 8. The van der Waals surface area contributed by atoms with E-state index in [-0.39, 0.29) is 23.0 Å². The molecule has 5 saturated heterocycles. The Morgan fingerprint density at radius 3 is 2.22 bits per heavy atom. The first-order valence-electron chi connectivity index (χ1n) is 22.8. The van der Waals surface area contributed by atoms with E-state index in [1.165, 1.54) is 25.3 Å². The van der Waals surface area contributed by atoms with Gasteiger partial charge in [-0.1, -0.05) is 39.3 Å². The maximum Gasteiger partial charge on any atom is 0.187 e. The highest BCUT2D eigenvalue weighted by Crippen LogP contribution is 2.70. The van der Waals surface area contributed by atoms with Crippen LogP contribution >= 0.6 is 0 Å². The van der Waals surface area contributed by atoms with Crippen LogP contribution in [0.5, 0.6) is 0 Å². The van der Waals surface area contributed by atoms with E-state index in [1.54, 1.807) is 0 Å². The Bertz CT molecular complexity index is 1560. The van der Waals surface area contributed by atoms with Crippen molar-refractivity contribution in [3.63, 3.8) is 0 Å². The zero-order valence-electron chi connectivity index (χ0n) is 35.6. The van der Waals surface area contributed by atoms with Crippen LogP contribution in [0.2, 0.25) is 0 Å². The van der Waals surface area contributed by atoms with Crippen molar-refractivity contribution in [3.05, 3.63) is 11.6 Å². The topological polar surface area (TPSA) is 236 Å². The molecule has 8 N–H and O–H groups in total. The van der Waals surface area contributed by atoms with E-state index in [1.807, 2.05) is 0 Å². The molecule has 5 aliphatic heterocycles. The number of aliphatic hydroxyl groups excluding tert-OH is 8. The van der Waals surface area contributed by atoms with E-state index in [4.69, 9.17) is 37.9 Å². The third-order valence-electron chi connectivity index (χ3n) is 17.3. The van der Waals surface area contributed by atoms with Crippen LogP contribution in [-0.2, 0) is 37.9 Å². The Labute approximate surface area is 352 Å². The summed E-state index contributed by atoms with van der Waals surface area (Å²) in [5.74, 6) is 2.74. The van der Waals surface area contributed by atoms with Gasteiger partial charge in [-0.25, -0.2) is 0 Å². The molecule has 9 rings (SSSR count). The van der Waals surface area contributed by atoms with Crippen molar-refractivity contribution in [2.24, 2.45) is 46.3 Å². The van der Waals surface area contributed by atoms with Crippen molar-refractivity contribution in [3.8, 4) is 0 Å². The Kier molecular flexibility index (Phi) is 12.2. The second-order valence-electron chi connectivity index (χ2n) is 20.6. The standard InChI is InChI=1S/C44H70O16/c1-19-8-13-44(54-17-19)20(2)30-28(60-44)15-26-24-7-6-22-14-23(9-11-42(22,4)25(24)10-12-43(26,30)5)56-40-36(52)37(33(49)29(16-45)57-40)58-41-38(32(48)27(46)18-53-41)59-39-35(51)34(50)31(47)21(3)55-39/h6,19-21,23-41,45-52H,7-18H2,1-5H3/t19-,20+,21+,23+,24-,25+,26+,27-,28+,29-,30+,31+,32+,33-,34-,35-,36-,37+,38-,39+,40-,41+,42+,43+,44-/m1/s1. The fraction of sp³-hybridized carbons (Fsp3) is 0.955. The van der Waals surface area contributed by atoms with Gasteiger partial charge in [0.05, 0.1) is 38.1 Å². The van der Waals surface area contributed by atoms with Gasteiger partial charge in [0.1, 0.15) is 61.0 Å². The number of rotatable bonds is 7. The summed E-state index contributed by atoms with van der Waals surface area (Å²) in [6.45, 7) is 10.9. The van der Waals surface area contributed by atoms with Crippen LogP contribution < -0.4 is 0 Å². The summed E-state index contributed by atoms with van der Waals surface area (Å²) in [6, 6.07) is 0. The molecular weight excluding hydrogens is 784 g/mol. The summed E-state index contributed by atoms with van der Waals surface area (Å²) in [4.78, 5) is 0. The van der Waals surface area contributed by atoms with Gasteiger partial charge in [-0.15, -0.1) is 0 Å². The minimum absolute atomic E-state index is 0.0138. The van der Waals surface area contributed by atoms with Gasteiger partial charge >= 0.3 is 0 Å². The average molecular weight is 855 g/mol. The van der Waals surface area contributed by atoms with E-state index in [0.717, 1.165) is 45.1 Å². The van der Waals surface area contributed by atoms with Crippen molar-refractivity contribution in [1.82, 2.24) is 0 Å². The van der Waals surface area contributed by atoms with E-state index < -0.39 is 105 Å². The van der Waals surface area contributed by atoms with E-state index in [2.05, 4.69) is 33.8 Å². The molecule has 4 aliphatic carbocycles. The number of hydrogen-bond donors (Lipinski definition) is 8. The van der Waals surface area contributed by atoms with Gasteiger partial charge in [0.2, 0.25) is 0 Å². The lowest BCUT2D eigenvalue weighted by Gasteiger charge is -2.58. The van der Waals surface area contributed by atoms with Gasteiger partial charge in [0.15, 0.2) is 24.7 Å². The first kappa shape index (κ1) is 44.3. The molecule has 0 aromatic heterocycles. The Morgan fingerprint density at radius 2 is 1.48 bits per heavy atom. The molecule has 60 heavy (non-hydrogen) atoms. The summed E-state index contributed by atoms with van der Waals surface area (Å²) < 4.78 is 49.1. The van der Waals surface area contributed by atoms with Gasteiger partial charge in [-0.2, -0.15) is 0 Å². The molecule has 0 aromatic carbocycles. The van der Waals surface area contributed by atoms with Crippen molar-refractivity contribution in [2.45, 2.75) is 196 Å².